The van der Waals surface area contributed by atoms with Gasteiger partial charge in [0.2, 0.25) is 10.0 Å². The number of halogens is 1. The summed E-state index contributed by atoms with van der Waals surface area (Å²) in [7, 11) is -3.81. The molecule has 9 heteroatoms. The summed E-state index contributed by atoms with van der Waals surface area (Å²) in [6.07, 6.45) is 2.60. The number of piperidine rings is 1. The van der Waals surface area contributed by atoms with Crippen LogP contribution >= 0.6 is 11.6 Å². The molecule has 7 nitrogen and oxygen atoms in total. The Hall–Kier alpha value is -2.42. The molecule has 1 heterocycles. The smallest absolute Gasteiger partial charge is 0.255 e. The lowest BCUT2D eigenvalue weighted by Gasteiger charge is -2.30. The SMILES string of the molecule is CCCNC(=O)c1cccc(NC(=O)c2ccc(Cl)c(S(=O)(=O)N3CCCC(C)C3)c2)c1. The maximum Gasteiger partial charge on any atom is 0.255 e. The van der Waals surface area contributed by atoms with Crippen LogP contribution in [0, 0.1) is 5.92 Å². The second kappa shape index (κ2) is 10.5. The standard InChI is InChI=1S/C23H28ClN3O4S/c1-3-11-25-22(28)17-7-4-8-19(13-17)26-23(29)18-9-10-20(24)21(14-18)32(30,31)27-12-5-6-16(2)15-27/h4,7-10,13-14,16H,3,5-6,11-12,15H2,1-2H3,(H,25,28)(H,26,29). The van der Waals surface area contributed by atoms with Gasteiger partial charge in [0.25, 0.3) is 11.8 Å². The molecular formula is C23H28ClN3O4S. The first-order valence-electron chi connectivity index (χ1n) is 10.7. The number of benzene rings is 2. The van der Waals surface area contributed by atoms with Gasteiger partial charge in [0.1, 0.15) is 4.90 Å². The molecule has 32 heavy (non-hydrogen) atoms. The Balaban J connectivity index is 1.81. The predicted molar refractivity (Wildman–Crippen MR) is 126 cm³/mol. The van der Waals surface area contributed by atoms with Crippen LogP contribution in [0.2, 0.25) is 5.02 Å². The van der Waals surface area contributed by atoms with Gasteiger partial charge in [0.05, 0.1) is 5.02 Å². The number of hydrogen-bond acceptors (Lipinski definition) is 4. The van der Waals surface area contributed by atoms with E-state index in [4.69, 9.17) is 11.6 Å². The van der Waals surface area contributed by atoms with Crippen LogP contribution < -0.4 is 10.6 Å². The molecule has 0 aromatic heterocycles. The minimum absolute atomic E-state index is 0.0754. The molecular weight excluding hydrogens is 450 g/mol. The van der Waals surface area contributed by atoms with Crippen molar-refractivity contribution in [3.8, 4) is 0 Å². The topological polar surface area (TPSA) is 95.6 Å². The van der Waals surface area contributed by atoms with Crippen LogP contribution in [0.15, 0.2) is 47.4 Å². The Morgan fingerprint density at radius 1 is 1.12 bits per heavy atom. The number of amides is 2. The number of nitrogens with one attached hydrogen (secondary N) is 2. The van der Waals surface area contributed by atoms with E-state index in [1.165, 1.54) is 22.5 Å². The second-order valence-electron chi connectivity index (χ2n) is 8.05. The molecule has 1 atom stereocenters. The lowest BCUT2D eigenvalue weighted by atomic mass is 10.0. The summed E-state index contributed by atoms with van der Waals surface area (Å²) < 4.78 is 27.7. The van der Waals surface area contributed by atoms with Gasteiger partial charge in [0.15, 0.2) is 0 Å². The van der Waals surface area contributed by atoms with Crippen molar-refractivity contribution in [2.75, 3.05) is 25.0 Å². The zero-order valence-corrected chi connectivity index (χ0v) is 19.8. The van der Waals surface area contributed by atoms with Crippen LogP contribution in [0.3, 0.4) is 0 Å². The molecule has 0 aliphatic carbocycles. The highest BCUT2D eigenvalue weighted by Gasteiger charge is 2.31. The first kappa shape index (κ1) is 24.2. The van der Waals surface area contributed by atoms with E-state index in [1.807, 2.05) is 13.8 Å². The van der Waals surface area contributed by atoms with Gasteiger partial charge in [-0.25, -0.2) is 8.42 Å². The van der Waals surface area contributed by atoms with Crippen molar-refractivity contribution in [3.63, 3.8) is 0 Å². The van der Waals surface area contributed by atoms with E-state index in [0.29, 0.717) is 30.9 Å². The van der Waals surface area contributed by atoms with E-state index in [-0.39, 0.29) is 27.3 Å². The van der Waals surface area contributed by atoms with Crippen LogP contribution in [-0.4, -0.2) is 44.2 Å². The molecule has 0 radical (unpaired) electrons. The van der Waals surface area contributed by atoms with Crippen molar-refractivity contribution in [3.05, 3.63) is 58.6 Å². The third kappa shape index (κ3) is 5.68. The number of rotatable bonds is 7. The fourth-order valence-electron chi connectivity index (χ4n) is 3.63. The molecule has 172 valence electrons. The maximum absolute atomic E-state index is 13.2. The first-order valence-corrected chi connectivity index (χ1v) is 12.5. The number of carbonyl (C=O) groups is 2. The Labute approximate surface area is 194 Å². The fraction of sp³-hybridized carbons (Fsp3) is 0.391. The summed E-state index contributed by atoms with van der Waals surface area (Å²) >= 11 is 6.22. The number of anilines is 1. The summed E-state index contributed by atoms with van der Waals surface area (Å²) in [5.41, 5.74) is 1.03. The number of sulfonamides is 1. The van der Waals surface area contributed by atoms with E-state index in [9.17, 15) is 18.0 Å². The second-order valence-corrected chi connectivity index (χ2v) is 10.4. The molecule has 0 spiro atoms. The van der Waals surface area contributed by atoms with E-state index in [0.717, 1.165) is 19.3 Å². The highest BCUT2D eigenvalue weighted by molar-refractivity contribution is 7.89. The molecule has 1 saturated heterocycles. The molecule has 3 rings (SSSR count). The summed E-state index contributed by atoms with van der Waals surface area (Å²) in [6, 6.07) is 10.8. The van der Waals surface area contributed by atoms with Crippen LogP contribution in [0.1, 0.15) is 53.8 Å². The third-order valence-corrected chi connectivity index (χ3v) is 7.70. The quantitative estimate of drug-likeness (QED) is 0.626. The van der Waals surface area contributed by atoms with E-state index < -0.39 is 15.9 Å². The van der Waals surface area contributed by atoms with Crippen molar-refractivity contribution in [2.24, 2.45) is 5.92 Å². The first-order chi connectivity index (χ1) is 15.2. The van der Waals surface area contributed by atoms with Crippen LogP contribution in [0.25, 0.3) is 0 Å². The van der Waals surface area contributed by atoms with Crippen molar-refractivity contribution in [1.82, 2.24) is 9.62 Å². The number of nitrogens with zero attached hydrogens (tertiary/aromatic N) is 1. The van der Waals surface area contributed by atoms with Gasteiger partial charge < -0.3 is 10.6 Å². The molecule has 1 unspecified atom stereocenters. The normalized spacial score (nSPS) is 17.0. The zero-order chi connectivity index (χ0) is 23.3. The highest BCUT2D eigenvalue weighted by atomic mass is 35.5. The monoisotopic (exact) mass is 477 g/mol. The van der Waals surface area contributed by atoms with Crippen molar-refractivity contribution < 1.29 is 18.0 Å². The van der Waals surface area contributed by atoms with E-state index >= 15 is 0 Å². The molecule has 1 fully saturated rings. The van der Waals surface area contributed by atoms with Gasteiger partial charge >= 0.3 is 0 Å². The molecule has 1 aliphatic heterocycles. The molecule has 2 amide bonds. The molecule has 0 bridgehead atoms. The van der Waals surface area contributed by atoms with Gasteiger partial charge in [-0.1, -0.05) is 31.5 Å². The summed E-state index contributed by atoms with van der Waals surface area (Å²) in [4.78, 5) is 24.9. The van der Waals surface area contributed by atoms with Crippen molar-refractivity contribution >= 4 is 39.1 Å². The lowest BCUT2D eigenvalue weighted by Crippen LogP contribution is -2.39. The molecule has 0 saturated carbocycles. The summed E-state index contributed by atoms with van der Waals surface area (Å²) in [6.45, 7) is 5.41. The van der Waals surface area contributed by atoms with Crippen LogP contribution in [-0.2, 0) is 10.0 Å². The van der Waals surface area contributed by atoms with Crippen molar-refractivity contribution in [1.29, 1.82) is 0 Å². The average Bonchev–Trinajstić information content (AvgIpc) is 2.77. The highest BCUT2D eigenvalue weighted by Crippen LogP contribution is 2.29. The maximum atomic E-state index is 13.2. The minimum Gasteiger partial charge on any atom is -0.352 e. The molecule has 2 N–H and O–H groups in total. The Bertz CT molecular complexity index is 1100. The Morgan fingerprint density at radius 2 is 1.88 bits per heavy atom. The Morgan fingerprint density at radius 3 is 2.59 bits per heavy atom. The molecule has 2 aromatic rings. The van der Waals surface area contributed by atoms with Crippen molar-refractivity contribution in [2.45, 2.75) is 38.0 Å². The Kier molecular flexibility index (Phi) is 7.92. The summed E-state index contributed by atoms with van der Waals surface area (Å²) in [5.74, 6) is -0.444. The van der Waals surface area contributed by atoms with E-state index in [2.05, 4.69) is 10.6 Å². The van der Waals surface area contributed by atoms with Crippen LogP contribution in [0.5, 0.6) is 0 Å². The molecule has 1 aliphatic rings. The third-order valence-electron chi connectivity index (χ3n) is 5.35. The van der Waals surface area contributed by atoms with Gasteiger partial charge in [-0.15, -0.1) is 0 Å². The van der Waals surface area contributed by atoms with E-state index in [1.54, 1.807) is 24.3 Å². The van der Waals surface area contributed by atoms with Crippen LogP contribution in [0.4, 0.5) is 5.69 Å². The minimum atomic E-state index is -3.81. The van der Waals surface area contributed by atoms with Gasteiger partial charge in [-0.2, -0.15) is 4.31 Å². The lowest BCUT2D eigenvalue weighted by molar-refractivity contribution is 0.0952. The van der Waals surface area contributed by atoms with Gasteiger partial charge in [-0.05, 0) is 61.6 Å². The van der Waals surface area contributed by atoms with Gasteiger partial charge in [0, 0.05) is 36.4 Å². The van der Waals surface area contributed by atoms with Gasteiger partial charge in [-0.3, -0.25) is 9.59 Å². The number of hydrogen-bond donors (Lipinski definition) is 2. The fourth-order valence-corrected chi connectivity index (χ4v) is 5.73. The summed E-state index contributed by atoms with van der Waals surface area (Å²) in [5, 5.41) is 5.59. The average molecular weight is 478 g/mol. The molecule has 2 aromatic carbocycles. The number of carbonyl (C=O) groups excluding carboxylic acids is 2. The predicted octanol–water partition coefficient (Wildman–Crippen LogP) is 4.15. The largest absolute Gasteiger partial charge is 0.352 e. The zero-order valence-electron chi connectivity index (χ0n) is 18.2.